The topological polar surface area (TPSA) is 102 Å². The predicted octanol–water partition coefficient (Wildman–Crippen LogP) is 0.771. The summed E-state index contributed by atoms with van der Waals surface area (Å²) in [5, 5.41) is 12.2. The maximum Gasteiger partial charge on any atom is 0.215 e. The number of aryl methyl sites for hydroxylation is 1. The third-order valence-electron chi connectivity index (χ3n) is 2.11. The molecule has 0 aliphatic rings. The fourth-order valence-corrected chi connectivity index (χ4v) is 2.06. The van der Waals surface area contributed by atoms with Gasteiger partial charge in [-0.1, -0.05) is 12.1 Å². The molecule has 0 unspecified atom stereocenters. The van der Waals surface area contributed by atoms with Crippen LogP contribution in [0.3, 0.4) is 0 Å². The number of rotatable bonds is 4. The van der Waals surface area contributed by atoms with Crippen LogP contribution in [-0.2, 0) is 6.42 Å². The van der Waals surface area contributed by atoms with E-state index < -0.39 is 0 Å². The van der Waals surface area contributed by atoms with Gasteiger partial charge in [-0.15, -0.1) is 0 Å². The Bertz CT molecular complexity index is 531. The van der Waals surface area contributed by atoms with Crippen molar-refractivity contribution in [3.05, 3.63) is 24.0 Å². The van der Waals surface area contributed by atoms with Gasteiger partial charge < -0.3 is 10.9 Å². The Morgan fingerprint density at radius 1 is 1.65 bits per heavy atom. The van der Waals surface area contributed by atoms with Crippen molar-refractivity contribution >= 4 is 17.4 Å². The Hall–Kier alpha value is -1.96. The van der Waals surface area contributed by atoms with Gasteiger partial charge in [-0.3, -0.25) is 4.57 Å². The van der Waals surface area contributed by atoms with Gasteiger partial charge in [0.1, 0.15) is 5.82 Å². The first kappa shape index (κ1) is 11.5. The standard InChI is InChI=1S/C9H12N6OS/c1-2-3-6-12-9(17-14-6)15-5-4-11-8(15)7(10)13-16/h4-5,16H,2-3H2,1H3,(H2,10,13). The molecule has 2 aromatic heterocycles. The van der Waals surface area contributed by atoms with E-state index in [4.69, 9.17) is 10.9 Å². The summed E-state index contributed by atoms with van der Waals surface area (Å²) in [5.74, 6) is 1.10. The van der Waals surface area contributed by atoms with Crippen LogP contribution in [0.25, 0.3) is 5.13 Å². The summed E-state index contributed by atoms with van der Waals surface area (Å²) in [4.78, 5) is 8.36. The number of oxime groups is 1. The van der Waals surface area contributed by atoms with Gasteiger partial charge in [-0.05, 0) is 6.42 Å². The van der Waals surface area contributed by atoms with Crippen molar-refractivity contribution in [3.63, 3.8) is 0 Å². The fourth-order valence-electron chi connectivity index (χ4n) is 1.36. The van der Waals surface area contributed by atoms with E-state index >= 15 is 0 Å². The van der Waals surface area contributed by atoms with E-state index in [9.17, 15) is 0 Å². The average molecular weight is 252 g/mol. The van der Waals surface area contributed by atoms with Gasteiger partial charge >= 0.3 is 0 Å². The second-order valence-electron chi connectivity index (χ2n) is 3.35. The van der Waals surface area contributed by atoms with Crippen molar-refractivity contribution in [2.24, 2.45) is 10.9 Å². The largest absolute Gasteiger partial charge is 0.409 e. The molecule has 0 radical (unpaired) electrons. The van der Waals surface area contributed by atoms with Crippen molar-refractivity contribution in [1.29, 1.82) is 0 Å². The normalized spacial score (nSPS) is 11.9. The van der Waals surface area contributed by atoms with E-state index in [1.807, 2.05) is 0 Å². The molecule has 0 bridgehead atoms. The Kier molecular flexibility index (Phi) is 3.33. The zero-order chi connectivity index (χ0) is 12.3. The maximum atomic E-state index is 8.64. The second kappa shape index (κ2) is 4.91. The van der Waals surface area contributed by atoms with Crippen molar-refractivity contribution in [2.75, 3.05) is 0 Å². The first-order valence-electron chi connectivity index (χ1n) is 5.10. The molecule has 0 fully saturated rings. The minimum atomic E-state index is -0.0535. The summed E-state index contributed by atoms with van der Waals surface area (Å²) in [7, 11) is 0. The lowest BCUT2D eigenvalue weighted by Gasteiger charge is -2.00. The average Bonchev–Trinajstić information content (AvgIpc) is 2.95. The highest BCUT2D eigenvalue weighted by Gasteiger charge is 2.13. The van der Waals surface area contributed by atoms with Crippen molar-refractivity contribution < 1.29 is 5.21 Å². The number of imidazole rings is 1. The smallest absolute Gasteiger partial charge is 0.215 e. The highest BCUT2D eigenvalue weighted by molar-refractivity contribution is 7.08. The molecule has 2 aromatic rings. The van der Waals surface area contributed by atoms with E-state index in [2.05, 4.69) is 26.4 Å². The summed E-state index contributed by atoms with van der Waals surface area (Å²) in [6.07, 6.45) is 5.09. The predicted molar refractivity (Wildman–Crippen MR) is 63.5 cm³/mol. The van der Waals surface area contributed by atoms with E-state index in [0.717, 1.165) is 18.7 Å². The monoisotopic (exact) mass is 252 g/mol. The molecule has 17 heavy (non-hydrogen) atoms. The Labute approximate surface area is 102 Å². The van der Waals surface area contributed by atoms with Crippen LogP contribution >= 0.6 is 11.5 Å². The number of hydrogen-bond donors (Lipinski definition) is 2. The molecule has 90 valence electrons. The lowest BCUT2D eigenvalue weighted by molar-refractivity contribution is 0.318. The van der Waals surface area contributed by atoms with Crippen LogP contribution < -0.4 is 5.73 Å². The van der Waals surface area contributed by atoms with Crippen LogP contribution in [-0.4, -0.2) is 30.0 Å². The van der Waals surface area contributed by atoms with Crippen LogP contribution in [0.15, 0.2) is 17.5 Å². The lowest BCUT2D eigenvalue weighted by atomic mass is 10.3. The zero-order valence-electron chi connectivity index (χ0n) is 9.24. The Balaban J connectivity index is 2.36. The van der Waals surface area contributed by atoms with E-state index in [0.29, 0.717) is 11.0 Å². The molecule has 0 amide bonds. The third-order valence-corrected chi connectivity index (χ3v) is 2.87. The van der Waals surface area contributed by atoms with Gasteiger partial charge in [0.2, 0.25) is 11.0 Å². The van der Waals surface area contributed by atoms with E-state index in [1.165, 1.54) is 11.5 Å². The summed E-state index contributed by atoms with van der Waals surface area (Å²) in [6.45, 7) is 2.07. The van der Waals surface area contributed by atoms with Gasteiger partial charge in [0.15, 0.2) is 5.82 Å². The Morgan fingerprint density at radius 2 is 2.47 bits per heavy atom. The molecule has 2 heterocycles. The van der Waals surface area contributed by atoms with Gasteiger partial charge in [-0.25, -0.2) is 9.97 Å². The molecule has 0 aliphatic carbocycles. The lowest BCUT2D eigenvalue weighted by Crippen LogP contribution is -2.18. The van der Waals surface area contributed by atoms with Crippen molar-refractivity contribution in [3.8, 4) is 5.13 Å². The Morgan fingerprint density at radius 3 is 3.18 bits per heavy atom. The fraction of sp³-hybridized carbons (Fsp3) is 0.333. The van der Waals surface area contributed by atoms with Crippen molar-refractivity contribution in [2.45, 2.75) is 19.8 Å². The van der Waals surface area contributed by atoms with Crippen LogP contribution in [0.1, 0.15) is 25.0 Å². The van der Waals surface area contributed by atoms with Gasteiger partial charge in [0, 0.05) is 30.3 Å². The molecule has 3 N–H and O–H groups in total. The summed E-state index contributed by atoms with van der Waals surface area (Å²) >= 11 is 1.26. The molecule has 0 aromatic carbocycles. The number of nitrogens with two attached hydrogens (primary N) is 1. The van der Waals surface area contributed by atoms with Gasteiger partial charge in [0.05, 0.1) is 0 Å². The maximum absolute atomic E-state index is 8.64. The van der Waals surface area contributed by atoms with Gasteiger partial charge in [-0.2, -0.15) is 4.37 Å². The molecule has 2 rings (SSSR count). The summed E-state index contributed by atoms with van der Waals surface area (Å²) in [6, 6.07) is 0. The first-order valence-corrected chi connectivity index (χ1v) is 5.87. The van der Waals surface area contributed by atoms with Crippen LogP contribution in [0, 0.1) is 0 Å². The third kappa shape index (κ3) is 2.26. The van der Waals surface area contributed by atoms with E-state index in [1.54, 1.807) is 17.0 Å². The molecule has 7 nitrogen and oxygen atoms in total. The van der Waals surface area contributed by atoms with Crippen LogP contribution in [0.5, 0.6) is 0 Å². The van der Waals surface area contributed by atoms with E-state index in [-0.39, 0.29) is 5.84 Å². The minimum absolute atomic E-state index is 0.0535. The molecule has 0 aliphatic heterocycles. The molecule has 0 atom stereocenters. The highest BCUT2D eigenvalue weighted by atomic mass is 32.1. The number of nitrogens with zero attached hydrogens (tertiary/aromatic N) is 5. The summed E-state index contributed by atoms with van der Waals surface area (Å²) in [5.41, 5.74) is 5.52. The quantitative estimate of drug-likeness (QED) is 0.362. The number of amidine groups is 1. The zero-order valence-corrected chi connectivity index (χ0v) is 10.1. The minimum Gasteiger partial charge on any atom is -0.409 e. The molecule has 8 heteroatoms. The molecule has 0 saturated carbocycles. The second-order valence-corrected chi connectivity index (χ2v) is 4.08. The van der Waals surface area contributed by atoms with Crippen LogP contribution in [0.4, 0.5) is 0 Å². The highest BCUT2D eigenvalue weighted by Crippen LogP contribution is 2.14. The van der Waals surface area contributed by atoms with Gasteiger partial charge in [0.25, 0.3) is 0 Å². The first-order chi connectivity index (χ1) is 8.26. The molecule has 0 spiro atoms. The summed E-state index contributed by atoms with van der Waals surface area (Å²) < 4.78 is 5.87. The molecular formula is C9H12N6OS. The number of hydrogen-bond acceptors (Lipinski definition) is 6. The van der Waals surface area contributed by atoms with Crippen molar-refractivity contribution in [1.82, 2.24) is 18.9 Å². The SMILES string of the molecule is CCCc1nsc(-n2ccnc2C(N)=NO)n1. The van der Waals surface area contributed by atoms with Crippen LogP contribution in [0.2, 0.25) is 0 Å². The molecular weight excluding hydrogens is 240 g/mol. The number of aromatic nitrogens is 4. The molecule has 0 saturated heterocycles.